The third-order valence-electron chi connectivity index (χ3n) is 2.13. The van der Waals surface area contributed by atoms with E-state index < -0.39 is 22.2 Å². The standard InChI is InChI=1S/C9H10N2O3S/c12-9-8(10-15(13,14)11-9)6-7-4-2-1-3-5-7/h1-5,8,10H,6H2,(H,11,12)/t8-/m0/s1. The lowest BCUT2D eigenvalue weighted by Gasteiger charge is -2.04. The molecule has 1 aromatic rings. The average molecular weight is 226 g/mol. The second-order valence-electron chi connectivity index (χ2n) is 3.33. The maximum absolute atomic E-state index is 11.2. The van der Waals surface area contributed by atoms with Crippen molar-refractivity contribution in [2.24, 2.45) is 0 Å². The summed E-state index contributed by atoms with van der Waals surface area (Å²) in [5.41, 5.74) is 0.919. The molecule has 0 bridgehead atoms. The number of amides is 1. The maximum Gasteiger partial charge on any atom is 0.302 e. The molecule has 0 aromatic heterocycles. The summed E-state index contributed by atoms with van der Waals surface area (Å²) in [6, 6.07) is 8.55. The van der Waals surface area contributed by atoms with E-state index in [1.807, 2.05) is 35.1 Å². The highest BCUT2D eigenvalue weighted by Crippen LogP contribution is 2.07. The van der Waals surface area contributed by atoms with Crippen molar-refractivity contribution in [3.8, 4) is 0 Å². The number of benzene rings is 1. The summed E-state index contributed by atoms with van der Waals surface area (Å²) in [4.78, 5) is 11.2. The molecule has 0 aliphatic carbocycles. The molecule has 80 valence electrons. The Bertz CT molecular complexity index is 469. The molecule has 1 amide bonds. The van der Waals surface area contributed by atoms with Crippen molar-refractivity contribution in [3.63, 3.8) is 0 Å². The fourth-order valence-corrected chi connectivity index (χ4v) is 2.49. The Morgan fingerprint density at radius 1 is 1.20 bits per heavy atom. The molecular formula is C9H10N2O3S. The molecule has 2 rings (SSSR count). The number of rotatable bonds is 2. The van der Waals surface area contributed by atoms with Crippen LogP contribution in [0.1, 0.15) is 5.56 Å². The van der Waals surface area contributed by atoms with E-state index in [9.17, 15) is 13.2 Å². The van der Waals surface area contributed by atoms with Crippen molar-refractivity contribution in [1.29, 1.82) is 0 Å². The van der Waals surface area contributed by atoms with Crippen LogP contribution in [0.4, 0.5) is 0 Å². The molecule has 1 saturated heterocycles. The summed E-state index contributed by atoms with van der Waals surface area (Å²) < 4.78 is 26.1. The lowest BCUT2D eigenvalue weighted by Crippen LogP contribution is -2.31. The van der Waals surface area contributed by atoms with Gasteiger partial charge in [0.2, 0.25) is 0 Å². The largest absolute Gasteiger partial charge is 0.302 e. The minimum atomic E-state index is -3.61. The Labute approximate surface area is 87.7 Å². The first-order valence-corrected chi connectivity index (χ1v) is 5.93. The summed E-state index contributed by atoms with van der Waals surface area (Å²) in [5, 5.41) is 0. The first-order valence-electron chi connectivity index (χ1n) is 4.45. The Kier molecular flexibility index (Phi) is 2.45. The fourth-order valence-electron chi connectivity index (χ4n) is 1.46. The lowest BCUT2D eigenvalue weighted by atomic mass is 10.1. The quantitative estimate of drug-likeness (QED) is 0.718. The van der Waals surface area contributed by atoms with Crippen molar-refractivity contribution < 1.29 is 13.2 Å². The maximum atomic E-state index is 11.2. The molecule has 0 spiro atoms. The third-order valence-corrected chi connectivity index (χ3v) is 3.20. The highest BCUT2D eigenvalue weighted by molar-refractivity contribution is 7.88. The van der Waals surface area contributed by atoms with E-state index in [4.69, 9.17) is 0 Å². The van der Waals surface area contributed by atoms with Gasteiger partial charge >= 0.3 is 10.2 Å². The molecule has 1 fully saturated rings. The zero-order valence-electron chi connectivity index (χ0n) is 7.80. The minimum Gasteiger partial charge on any atom is -0.272 e. The van der Waals surface area contributed by atoms with Gasteiger partial charge in [0.15, 0.2) is 0 Å². The van der Waals surface area contributed by atoms with Gasteiger partial charge in [-0.1, -0.05) is 30.3 Å². The summed E-state index contributed by atoms with van der Waals surface area (Å²) in [7, 11) is -3.61. The van der Waals surface area contributed by atoms with Gasteiger partial charge in [-0.15, -0.1) is 0 Å². The molecule has 1 atom stereocenters. The van der Waals surface area contributed by atoms with Gasteiger partial charge in [-0.3, -0.25) is 4.79 Å². The number of hydrogen-bond donors (Lipinski definition) is 2. The molecule has 0 unspecified atom stereocenters. The number of carbonyl (C=O) groups excluding carboxylic acids is 1. The predicted molar refractivity (Wildman–Crippen MR) is 54.1 cm³/mol. The molecule has 5 nitrogen and oxygen atoms in total. The predicted octanol–water partition coefficient (Wildman–Crippen LogP) is -0.438. The average Bonchev–Trinajstić information content (AvgIpc) is 2.41. The molecule has 0 radical (unpaired) electrons. The van der Waals surface area contributed by atoms with E-state index in [2.05, 4.69) is 4.72 Å². The SMILES string of the molecule is O=C1NS(=O)(=O)N[C@H]1Cc1ccccc1. The van der Waals surface area contributed by atoms with Crippen LogP contribution in [-0.4, -0.2) is 20.4 Å². The van der Waals surface area contributed by atoms with Crippen LogP contribution in [0.15, 0.2) is 30.3 Å². The number of nitrogens with one attached hydrogen (secondary N) is 2. The Morgan fingerprint density at radius 2 is 1.87 bits per heavy atom. The van der Waals surface area contributed by atoms with Crippen LogP contribution in [0.3, 0.4) is 0 Å². The zero-order chi connectivity index (χ0) is 10.9. The van der Waals surface area contributed by atoms with E-state index in [0.717, 1.165) is 5.56 Å². The van der Waals surface area contributed by atoms with E-state index in [1.54, 1.807) is 0 Å². The Balaban J connectivity index is 2.12. The molecular weight excluding hydrogens is 216 g/mol. The fraction of sp³-hybridized carbons (Fsp3) is 0.222. The molecule has 6 heteroatoms. The summed E-state index contributed by atoms with van der Waals surface area (Å²) in [5.74, 6) is -0.501. The van der Waals surface area contributed by atoms with Gasteiger partial charge in [0.05, 0.1) is 0 Å². The Morgan fingerprint density at radius 3 is 2.40 bits per heavy atom. The van der Waals surface area contributed by atoms with Gasteiger partial charge in [-0.2, -0.15) is 13.1 Å². The van der Waals surface area contributed by atoms with E-state index >= 15 is 0 Å². The Hall–Kier alpha value is -1.40. The molecule has 1 aromatic carbocycles. The smallest absolute Gasteiger partial charge is 0.272 e. The van der Waals surface area contributed by atoms with Crippen LogP contribution in [0, 0.1) is 0 Å². The normalized spacial score (nSPS) is 23.7. The molecule has 0 saturated carbocycles. The van der Waals surface area contributed by atoms with Gasteiger partial charge in [-0.05, 0) is 12.0 Å². The van der Waals surface area contributed by atoms with Crippen LogP contribution in [0.2, 0.25) is 0 Å². The van der Waals surface area contributed by atoms with Crippen molar-refractivity contribution in [2.45, 2.75) is 12.5 Å². The zero-order valence-corrected chi connectivity index (χ0v) is 8.62. The highest BCUT2D eigenvalue weighted by Gasteiger charge is 2.34. The molecule has 15 heavy (non-hydrogen) atoms. The molecule has 2 N–H and O–H groups in total. The van der Waals surface area contributed by atoms with Gasteiger partial charge in [0.25, 0.3) is 5.91 Å². The summed E-state index contributed by atoms with van der Waals surface area (Å²) in [6.07, 6.45) is 0.367. The van der Waals surface area contributed by atoms with Crippen LogP contribution >= 0.6 is 0 Å². The van der Waals surface area contributed by atoms with Crippen LogP contribution in [-0.2, 0) is 21.4 Å². The lowest BCUT2D eigenvalue weighted by molar-refractivity contribution is -0.119. The molecule has 1 aliphatic rings. The van der Waals surface area contributed by atoms with Crippen LogP contribution in [0.5, 0.6) is 0 Å². The van der Waals surface area contributed by atoms with E-state index in [0.29, 0.717) is 6.42 Å². The van der Waals surface area contributed by atoms with E-state index in [1.165, 1.54) is 0 Å². The topological polar surface area (TPSA) is 75.3 Å². The minimum absolute atomic E-state index is 0.367. The van der Waals surface area contributed by atoms with Crippen molar-refractivity contribution >= 4 is 16.1 Å². The van der Waals surface area contributed by atoms with E-state index in [-0.39, 0.29) is 0 Å². The number of hydrogen-bond acceptors (Lipinski definition) is 3. The monoisotopic (exact) mass is 226 g/mol. The van der Waals surface area contributed by atoms with Crippen molar-refractivity contribution in [3.05, 3.63) is 35.9 Å². The van der Waals surface area contributed by atoms with Crippen LogP contribution < -0.4 is 9.44 Å². The van der Waals surface area contributed by atoms with Gasteiger partial charge < -0.3 is 0 Å². The van der Waals surface area contributed by atoms with Crippen LogP contribution in [0.25, 0.3) is 0 Å². The summed E-state index contributed by atoms with van der Waals surface area (Å²) in [6.45, 7) is 0. The second kappa shape index (κ2) is 3.63. The number of carbonyl (C=O) groups is 1. The highest BCUT2D eigenvalue weighted by atomic mass is 32.2. The molecule has 1 heterocycles. The van der Waals surface area contributed by atoms with Gasteiger partial charge in [0.1, 0.15) is 6.04 Å². The van der Waals surface area contributed by atoms with Crippen molar-refractivity contribution in [2.75, 3.05) is 0 Å². The summed E-state index contributed by atoms with van der Waals surface area (Å²) >= 11 is 0. The van der Waals surface area contributed by atoms with Gasteiger partial charge in [-0.25, -0.2) is 4.72 Å². The van der Waals surface area contributed by atoms with Gasteiger partial charge in [0, 0.05) is 0 Å². The molecule has 1 aliphatic heterocycles. The first-order chi connectivity index (χ1) is 7.07. The first kappa shape index (κ1) is 10.1. The second-order valence-corrected chi connectivity index (χ2v) is 4.78. The van der Waals surface area contributed by atoms with Crippen molar-refractivity contribution in [1.82, 2.24) is 9.44 Å². The third kappa shape index (κ3) is 2.34.